The second-order valence-electron chi connectivity index (χ2n) is 9.08. The molecule has 0 radical (unpaired) electrons. The zero-order valence-electron chi connectivity index (χ0n) is 18.5. The molecule has 0 aliphatic carbocycles. The third-order valence-corrected chi connectivity index (χ3v) is 9.33. The quantitative estimate of drug-likeness (QED) is 0.619. The predicted octanol–water partition coefficient (Wildman–Crippen LogP) is 1.71. The maximum Gasteiger partial charge on any atom is 0.248 e. The number of benzene rings is 1. The van der Waals surface area contributed by atoms with Gasteiger partial charge in [0.15, 0.2) is 0 Å². The summed E-state index contributed by atoms with van der Waals surface area (Å²) in [7, 11) is 1.60. The van der Waals surface area contributed by atoms with Crippen LogP contribution in [-0.2, 0) is 14.4 Å². The molecule has 1 aromatic rings. The standard InChI is InChI=1S/C23H31N3O4S/c1-12-6-7-13(2)15(10-12)25-21(29)19-23-14(3)11-16(31-23)17(20(28)24-4)18(23)22(30)26(19)8-5-9-27/h6-7,10,14,16-19,27H,5,8-9,11H2,1-4H3,(H,24,28)(H,25,29)/t14?,16-,17+,18+,19?,23?/m1/s1. The van der Waals surface area contributed by atoms with Gasteiger partial charge in [-0.2, -0.15) is 0 Å². The monoisotopic (exact) mass is 445 g/mol. The SMILES string of the molecule is CNC(=O)[C@@H]1[C@H]2C(=O)N(CCCO)C(C(=O)Nc3cc(C)ccc3C)C23S[C@@H]1CC3C. The molecule has 1 spiro atoms. The molecule has 0 aromatic heterocycles. The minimum atomic E-state index is -0.670. The van der Waals surface area contributed by atoms with Crippen LogP contribution in [-0.4, -0.2) is 64.0 Å². The molecular weight excluding hydrogens is 414 g/mol. The van der Waals surface area contributed by atoms with Crippen LogP contribution < -0.4 is 10.6 Å². The highest BCUT2D eigenvalue weighted by Crippen LogP contribution is 2.68. The number of thioether (sulfide) groups is 1. The normalized spacial score (nSPS) is 33.5. The van der Waals surface area contributed by atoms with E-state index < -0.39 is 22.6 Å². The highest BCUT2D eigenvalue weighted by molar-refractivity contribution is 8.02. The van der Waals surface area contributed by atoms with Crippen molar-refractivity contribution in [3.63, 3.8) is 0 Å². The molecule has 3 N–H and O–H groups in total. The van der Waals surface area contributed by atoms with E-state index in [9.17, 15) is 19.5 Å². The molecule has 2 bridgehead atoms. The molecule has 3 heterocycles. The number of anilines is 1. The first-order valence-electron chi connectivity index (χ1n) is 10.9. The van der Waals surface area contributed by atoms with E-state index >= 15 is 0 Å². The highest BCUT2D eigenvalue weighted by atomic mass is 32.2. The van der Waals surface area contributed by atoms with E-state index in [-0.39, 0.29) is 35.5 Å². The van der Waals surface area contributed by atoms with E-state index in [4.69, 9.17) is 0 Å². The molecule has 1 aromatic carbocycles. The van der Waals surface area contributed by atoms with Crippen molar-refractivity contribution in [2.45, 2.75) is 49.7 Å². The van der Waals surface area contributed by atoms with E-state index in [1.165, 1.54) is 0 Å². The Hall–Kier alpha value is -2.06. The number of hydrogen-bond acceptors (Lipinski definition) is 5. The summed E-state index contributed by atoms with van der Waals surface area (Å²) in [6, 6.07) is 5.23. The second-order valence-corrected chi connectivity index (χ2v) is 10.6. The van der Waals surface area contributed by atoms with E-state index in [2.05, 4.69) is 17.6 Å². The van der Waals surface area contributed by atoms with E-state index in [1.54, 1.807) is 23.7 Å². The molecule has 3 unspecified atom stereocenters. The molecule has 168 valence electrons. The Morgan fingerprint density at radius 1 is 1.29 bits per heavy atom. The molecule has 31 heavy (non-hydrogen) atoms. The van der Waals surface area contributed by atoms with Gasteiger partial charge in [0, 0.05) is 31.1 Å². The Balaban J connectivity index is 1.75. The third kappa shape index (κ3) is 3.26. The number of rotatable bonds is 6. The molecule has 6 atom stereocenters. The molecule has 3 fully saturated rings. The number of aryl methyl sites for hydroxylation is 2. The van der Waals surface area contributed by atoms with Gasteiger partial charge in [-0.25, -0.2) is 0 Å². The molecule has 0 saturated carbocycles. The van der Waals surface area contributed by atoms with Crippen LogP contribution in [0.2, 0.25) is 0 Å². The van der Waals surface area contributed by atoms with Crippen molar-refractivity contribution in [3.8, 4) is 0 Å². The fourth-order valence-electron chi connectivity index (χ4n) is 5.84. The van der Waals surface area contributed by atoms with Gasteiger partial charge in [-0.1, -0.05) is 19.1 Å². The van der Waals surface area contributed by atoms with Gasteiger partial charge in [0.25, 0.3) is 0 Å². The number of carbonyl (C=O) groups is 3. The topological polar surface area (TPSA) is 98.7 Å². The number of nitrogens with one attached hydrogen (secondary N) is 2. The van der Waals surface area contributed by atoms with Crippen LogP contribution in [0.15, 0.2) is 18.2 Å². The Kier molecular flexibility index (Phi) is 5.81. The van der Waals surface area contributed by atoms with E-state index in [0.717, 1.165) is 23.2 Å². The number of nitrogens with zero attached hydrogens (tertiary/aromatic N) is 1. The van der Waals surface area contributed by atoms with Crippen molar-refractivity contribution in [1.29, 1.82) is 0 Å². The van der Waals surface area contributed by atoms with Crippen molar-refractivity contribution in [2.75, 3.05) is 25.5 Å². The lowest BCUT2D eigenvalue weighted by molar-refractivity contribution is -0.139. The van der Waals surface area contributed by atoms with Crippen molar-refractivity contribution in [1.82, 2.24) is 10.2 Å². The summed E-state index contributed by atoms with van der Waals surface area (Å²) in [5.41, 5.74) is 2.74. The minimum Gasteiger partial charge on any atom is -0.396 e. The van der Waals surface area contributed by atoms with Gasteiger partial charge in [0.05, 0.1) is 16.6 Å². The van der Waals surface area contributed by atoms with E-state index in [1.807, 2.05) is 32.0 Å². The van der Waals surface area contributed by atoms with Crippen LogP contribution in [0.1, 0.15) is 30.9 Å². The number of carbonyl (C=O) groups excluding carboxylic acids is 3. The molecule has 8 heteroatoms. The van der Waals surface area contributed by atoms with Crippen LogP contribution in [0.5, 0.6) is 0 Å². The van der Waals surface area contributed by atoms with Crippen LogP contribution in [0, 0.1) is 31.6 Å². The molecule has 3 saturated heterocycles. The van der Waals surface area contributed by atoms with Gasteiger partial charge < -0.3 is 20.6 Å². The van der Waals surface area contributed by atoms with Crippen molar-refractivity contribution in [2.24, 2.45) is 17.8 Å². The summed E-state index contributed by atoms with van der Waals surface area (Å²) >= 11 is 1.66. The molecule has 3 aliphatic rings. The highest BCUT2D eigenvalue weighted by Gasteiger charge is 2.75. The first kappa shape index (κ1) is 22.1. The summed E-state index contributed by atoms with van der Waals surface area (Å²) in [5, 5.41) is 15.2. The number of aliphatic hydroxyl groups excluding tert-OH is 1. The maximum atomic E-state index is 13.7. The molecule has 7 nitrogen and oxygen atoms in total. The Morgan fingerprint density at radius 2 is 2.03 bits per heavy atom. The molecular formula is C23H31N3O4S. The Labute approximate surface area is 187 Å². The summed E-state index contributed by atoms with van der Waals surface area (Å²) < 4.78 is -0.629. The maximum absolute atomic E-state index is 13.7. The van der Waals surface area contributed by atoms with E-state index in [0.29, 0.717) is 13.0 Å². The summed E-state index contributed by atoms with van der Waals surface area (Å²) in [5.74, 6) is -1.27. The van der Waals surface area contributed by atoms with Crippen LogP contribution >= 0.6 is 11.8 Å². The number of hydrogen-bond donors (Lipinski definition) is 3. The largest absolute Gasteiger partial charge is 0.396 e. The average Bonchev–Trinajstić information content (AvgIpc) is 3.32. The smallest absolute Gasteiger partial charge is 0.248 e. The second kappa shape index (κ2) is 8.13. The van der Waals surface area contributed by atoms with Gasteiger partial charge in [-0.15, -0.1) is 11.8 Å². The van der Waals surface area contributed by atoms with Crippen LogP contribution in [0.25, 0.3) is 0 Å². The molecule has 4 rings (SSSR count). The Bertz CT molecular complexity index is 922. The molecule has 3 aliphatic heterocycles. The van der Waals surface area contributed by atoms with Crippen molar-refractivity contribution >= 4 is 35.2 Å². The van der Waals surface area contributed by atoms with Gasteiger partial charge in [0.2, 0.25) is 17.7 Å². The predicted molar refractivity (Wildman–Crippen MR) is 121 cm³/mol. The lowest BCUT2D eigenvalue weighted by atomic mass is 9.66. The van der Waals surface area contributed by atoms with Crippen LogP contribution in [0.4, 0.5) is 5.69 Å². The number of fused-ring (bicyclic) bond motifs is 1. The van der Waals surface area contributed by atoms with Crippen molar-refractivity contribution < 1.29 is 19.5 Å². The number of aliphatic hydroxyl groups is 1. The zero-order valence-corrected chi connectivity index (χ0v) is 19.3. The van der Waals surface area contributed by atoms with Gasteiger partial charge >= 0.3 is 0 Å². The van der Waals surface area contributed by atoms with Gasteiger partial charge in [0.1, 0.15) is 6.04 Å². The van der Waals surface area contributed by atoms with Crippen LogP contribution in [0.3, 0.4) is 0 Å². The summed E-state index contributed by atoms with van der Waals surface area (Å²) in [6.07, 6.45) is 1.21. The number of likely N-dealkylation sites (tertiary alicyclic amines) is 1. The minimum absolute atomic E-state index is 0.0416. The van der Waals surface area contributed by atoms with Crippen molar-refractivity contribution in [3.05, 3.63) is 29.3 Å². The molecule has 3 amide bonds. The summed E-state index contributed by atoms with van der Waals surface area (Å²) in [6.45, 7) is 6.26. The van der Waals surface area contributed by atoms with Gasteiger partial charge in [-0.3, -0.25) is 14.4 Å². The lowest BCUT2D eigenvalue weighted by Gasteiger charge is -2.38. The average molecular weight is 446 g/mol. The Morgan fingerprint density at radius 3 is 2.71 bits per heavy atom. The first-order chi connectivity index (χ1) is 14.8. The summed E-state index contributed by atoms with van der Waals surface area (Å²) in [4.78, 5) is 41.7. The first-order valence-corrected chi connectivity index (χ1v) is 11.8. The fraction of sp³-hybridized carbons (Fsp3) is 0.609. The third-order valence-electron chi connectivity index (χ3n) is 7.25. The number of amides is 3. The lowest BCUT2D eigenvalue weighted by Crippen LogP contribution is -2.55. The zero-order chi connectivity index (χ0) is 22.5. The fourth-order valence-corrected chi connectivity index (χ4v) is 8.26. The van der Waals surface area contributed by atoms with Gasteiger partial charge in [-0.05, 0) is 49.8 Å².